The predicted molar refractivity (Wildman–Crippen MR) is 96.7 cm³/mol. The van der Waals surface area contributed by atoms with Crippen molar-refractivity contribution >= 4 is 15.9 Å². The van der Waals surface area contributed by atoms with Crippen molar-refractivity contribution in [2.75, 3.05) is 26.2 Å². The lowest BCUT2D eigenvalue weighted by atomic mass is 9.92. The molecule has 1 aromatic carbocycles. The zero-order valence-corrected chi connectivity index (χ0v) is 15.5. The van der Waals surface area contributed by atoms with Crippen LogP contribution in [0.1, 0.15) is 43.0 Å². The highest BCUT2D eigenvalue weighted by atomic mass is 32.2. The topological polar surface area (TPSA) is 83.7 Å². The first-order valence-corrected chi connectivity index (χ1v) is 10.5. The quantitative estimate of drug-likeness (QED) is 0.880. The van der Waals surface area contributed by atoms with Gasteiger partial charge in [0.15, 0.2) is 0 Å². The van der Waals surface area contributed by atoms with E-state index in [-0.39, 0.29) is 16.8 Å². The number of hydrogen-bond donors (Lipinski definition) is 1. The first-order chi connectivity index (χ1) is 11.9. The number of likely N-dealkylation sites (tertiary alicyclic amines) is 1. The van der Waals surface area contributed by atoms with Gasteiger partial charge in [0.1, 0.15) is 0 Å². The lowest BCUT2D eigenvalue weighted by molar-refractivity contribution is 0.0573. The number of piperidine rings is 1. The smallest absolute Gasteiger partial charge is 0.254 e. The van der Waals surface area contributed by atoms with Gasteiger partial charge in [-0.05, 0) is 55.9 Å². The van der Waals surface area contributed by atoms with E-state index in [0.29, 0.717) is 37.7 Å². The molecular formula is C18H27N3O3S. The van der Waals surface area contributed by atoms with E-state index in [1.54, 1.807) is 24.3 Å². The van der Waals surface area contributed by atoms with E-state index in [9.17, 15) is 13.2 Å². The number of rotatable bonds is 4. The number of hydrogen-bond acceptors (Lipinski definition) is 4. The van der Waals surface area contributed by atoms with Gasteiger partial charge >= 0.3 is 0 Å². The zero-order valence-electron chi connectivity index (χ0n) is 14.7. The van der Waals surface area contributed by atoms with Gasteiger partial charge in [0.25, 0.3) is 5.91 Å². The fourth-order valence-electron chi connectivity index (χ4n) is 3.76. The van der Waals surface area contributed by atoms with E-state index in [0.717, 1.165) is 25.7 Å². The maximum absolute atomic E-state index is 12.8. The molecule has 2 N–H and O–H groups in total. The van der Waals surface area contributed by atoms with Crippen molar-refractivity contribution in [2.24, 2.45) is 11.7 Å². The molecule has 2 saturated heterocycles. The second kappa shape index (κ2) is 7.43. The molecule has 2 heterocycles. The van der Waals surface area contributed by atoms with Gasteiger partial charge in [-0.3, -0.25) is 4.79 Å². The van der Waals surface area contributed by atoms with Gasteiger partial charge in [0.05, 0.1) is 4.90 Å². The maximum Gasteiger partial charge on any atom is 0.254 e. The van der Waals surface area contributed by atoms with Crippen LogP contribution in [0.25, 0.3) is 0 Å². The fourth-order valence-corrected chi connectivity index (χ4v) is 5.27. The monoisotopic (exact) mass is 365 g/mol. The van der Waals surface area contributed by atoms with Crippen LogP contribution < -0.4 is 5.73 Å². The van der Waals surface area contributed by atoms with Gasteiger partial charge in [-0.2, -0.15) is 4.31 Å². The Morgan fingerprint density at radius 2 is 1.80 bits per heavy atom. The van der Waals surface area contributed by atoms with E-state index in [1.807, 2.05) is 4.90 Å². The largest absolute Gasteiger partial charge is 0.334 e. The number of carbonyl (C=O) groups excluding carboxylic acids is 1. The summed E-state index contributed by atoms with van der Waals surface area (Å²) < 4.78 is 26.6. The number of benzene rings is 1. The summed E-state index contributed by atoms with van der Waals surface area (Å²) in [5, 5.41) is 0. The number of nitrogens with two attached hydrogens (primary N) is 1. The number of carbonyl (C=O) groups is 1. The third-order valence-corrected chi connectivity index (χ3v) is 7.23. The molecule has 6 nitrogen and oxygen atoms in total. The van der Waals surface area contributed by atoms with Crippen LogP contribution in [0.4, 0.5) is 0 Å². The van der Waals surface area contributed by atoms with E-state index in [2.05, 4.69) is 6.92 Å². The predicted octanol–water partition coefficient (Wildman–Crippen LogP) is 1.67. The molecule has 1 aromatic rings. The van der Waals surface area contributed by atoms with E-state index in [1.165, 1.54) is 4.31 Å². The summed E-state index contributed by atoms with van der Waals surface area (Å²) in [6.45, 7) is 4.50. The van der Waals surface area contributed by atoms with Crippen molar-refractivity contribution in [3.8, 4) is 0 Å². The van der Waals surface area contributed by atoms with Crippen LogP contribution >= 0.6 is 0 Å². The summed E-state index contributed by atoms with van der Waals surface area (Å²) in [5.41, 5.74) is 6.37. The average molecular weight is 365 g/mol. The van der Waals surface area contributed by atoms with Crippen molar-refractivity contribution in [2.45, 2.75) is 43.5 Å². The molecule has 1 amide bonds. The molecule has 0 saturated carbocycles. The minimum absolute atomic E-state index is 0.0595. The molecular weight excluding hydrogens is 338 g/mol. The van der Waals surface area contributed by atoms with Gasteiger partial charge < -0.3 is 10.6 Å². The molecule has 7 heteroatoms. The summed E-state index contributed by atoms with van der Waals surface area (Å²) in [4.78, 5) is 14.9. The summed E-state index contributed by atoms with van der Waals surface area (Å²) in [7, 11) is -3.44. The van der Waals surface area contributed by atoms with Crippen molar-refractivity contribution in [1.82, 2.24) is 9.21 Å². The van der Waals surface area contributed by atoms with E-state index in [4.69, 9.17) is 5.73 Å². The Bertz CT molecular complexity index is 712. The van der Waals surface area contributed by atoms with Crippen LogP contribution in [0.2, 0.25) is 0 Å². The van der Waals surface area contributed by atoms with Crippen molar-refractivity contribution < 1.29 is 13.2 Å². The molecule has 3 rings (SSSR count). The third-order valence-electron chi connectivity index (χ3n) is 5.32. The lowest BCUT2D eigenvalue weighted by Crippen LogP contribution is -2.49. The van der Waals surface area contributed by atoms with Gasteiger partial charge in [-0.1, -0.05) is 6.92 Å². The molecule has 0 aliphatic carbocycles. The maximum atomic E-state index is 12.8. The fraction of sp³-hybridized carbons (Fsp3) is 0.611. The zero-order chi connectivity index (χ0) is 18.0. The Kier molecular flexibility index (Phi) is 5.46. The minimum Gasteiger partial charge on any atom is -0.334 e. The Morgan fingerprint density at radius 1 is 1.16 bits per heavy atom. The molecule has 2 fully saturated rings. The van der Waals surface area contributed by atoms with Crippen LogP contribution in [0, 0.1) is 5.92 Å². The lowest BCUT2D eigenvalue weighted by Gasteiger charge is -2.38. The van der Waals surface area contributed by atoms with Crippen LogP contribution in [0.3, 0.4) is 0 Å². The summed E-state index contributed by atoms with van der Waals surface area (Å²) in [6, 6.07) is 6.40. The molecule has 0 spiro atoms. The first kappa shape index (κ1) is 18.4. The third kappa shape index (κ3) is 3.73. The van der Waals surface area contributed by atoms with E-state index >= 15 is 0 Å². The normalized spacial score (nSPS) is 25.3. The first-order valence-electron chi connectivity index (χ1n) is 9.04. The van der Waals surface area contributed by atoms with Crippen molar-refractivity contribution in [1.29, 1.82) is 0 Å². The Balaban J connectivity index is 1.76. The number of sulfonamides is 1. The average Bonchev–Trinajstić information content (AvgIpc) is 3.16. The SMILES string of the molecule is CC1CCN(C(=O)c2ccc(S(=O)(=O)N3CCCC3)cc2)C(CN)C1. The molecule has 138 valence electrons. The van der Waals surface area contributed by atoms with E-state index < -0.39 is 10.0 Å². The molecule has 25 heavy (non-hydrogen) atoms. The van der Waals surface area contributed by atoms with Crippen molar-refractivity contribution in [3.05, 3.63) is 29.8 Å². The number of amides is 1. The summed E-state index contributed by atoms with van der Waals surface area (Å²) in [5.74, 6) is 0.512. The summed E-state index contributed by atoms with van der Waals surface area (Å²) in [6.07, 6.45) is 3.71. The molecule has 2 aliphatic rings. The van der Waals surface area contributed by atoms with Gasteiger partial charge in [0, 0.05) is 37.8 Å². The second-order valence-corrected chi connectivity index (χ2v) is 9.09. The number of nitrogens with zero attached hydrogens (tertiary/aromatic N) is 2. The Labute approximate surface area is 150 Å². The highest BCUT2D eigenvalue weighted by Crippen LogP contribution is 2.25. The highest BCUT2D eigenvalue weighted by Gasteiger charge is 2.30. The molecule has 0 aromatic heterocycles. The van der Waals surface area contributed by atoms with Gasteiger partial charge in [-0.15, -0.1) is 0 Å². The highest BCUT2D eigenvalue weighted by molar-refractivity contribution is 7.89. The second-order valence-electron chi connectivity index (χ2n) is 7.15. The van der Waals surface area contributed by atoms with Gasteiger partial charge in [0.2, 0.25) is 10.0 Å². The molecule has 0 bridgehead atoms. The standard InChI is InChI=1S/C18H27N3O3S/c1-14-8-11-21(16(12-14)13-19)18(22)15-4-6-17(7-5-15)25(23,24)20-9-2-3-10-20/h4-7,14,16H,2-3,8-13,19H2,1H3. The molecule has 2 aliphatic heterocycles. The van der Waals surface area contributed by atoms with Crippen molar-refractivity contribution in [3.63, 3.8) is 0 Å². The Hall–Kier alpha value is -1.44. The molecule has 2 unspecified atom stereocenters. The van der Waals surface area contributed by atoms with Crippen LogP contribution in [0.15, 0.2) is 29.2 Å². The molecule has 2 atom stereocenters. The van der Waals surface area contributed by atoms with Crippen LogP contribution in [-0.2, 0) is 10.0 Å². The molecule has 0 radical (unpaired) electrons. The Morgan fingerprint density at radius 3 is 2.40 bits per heavy atom. The van der Waals surface area contributed by atoms with Gasteiger partial charge in [-0.25, -0.2) is 8.42 Å². The minimum atomic E-state index is -3.44. The van der Waals surface area contributed by atoms with Crippen LogP contribution in [0.5, 0.6) is 0 Å². The summed E-state index contributed by atoms with van der Waals surface area (Å²) >= 11 is 0. The van der Waals surface area contributed by atoms with Crippen LogP contribution in [-0.4, -0.2) is 55.8 Å².